The number of hydrogen-bond acceptors (Lipinski definition) is 3. The molecule has 0 unspecified atom stereocenters. The van der Waals surface area contributed by atoms with Crippen LogP contribution in [0.25, 0.3) is 5.69 Å². The van der Waals surface area contributed by atoms with E-state index in [0.717, 1.165) is 32.0 Å². The molecule has 0 spiro atoms. The maximum absolute atomic E-state index is 13.1. The lowest BCUT2D eigenvalue weighted by atomic mass is 9.99. The lowest BCUT2D eigenvalue weighted by Gasteiger charge is -2.30. The van der Waals surface area contributed by atoms with Crippen LogP contribution in [0.15, 0.2) is 24.3 Å². The van der Waals surface area contributed by atoms with E-state index in [-0.39, 0.29) is 16.9 Å². The second kappa shape index (κ2) is 8.85. The number of amides is 1. The van der Waals surface area contributed by atoms with E-state index in [1.54, 1.807) is 19.1 Å². The van der Waals surface area contributed by atoms with Gasteiger partial charge in [0.25, 0.3) is 5.91 Å². The number of benzene rings is 1. The van der Waals surface area contributed by atoms with E-state index < -0.39 is 0 Å². The predicted molar refractivity (Wildman–Crippen MR) is 105 cm³/mol. The van der Waals surface area contributed by atoms with Crippen LogP contribution in [0.5, 0.6) is 0 Å². The first-order chi connectivity index (χ1) is 13.0. The van der Waals surface area contributed by atoms with Crippen LogP contribution >= 0.6 is 11.6 Å². The van der Waals surface area contributed by atoms with Gasteiger partial charge in [-0.05, 0) is 76.0 Å². The Morgan fingerprint density at radius 1 is 1.30 bits per heavy atom. The number of rotatable bonds is 6. The maximum atomic E-state index is 13.1. The van der Waals surface area contributed by atoms with Crippen LogP contribution in [0.1, 0.15) is 42.2 Å². The molecule has 0 bridgehead atoms. The number of aromatic nitrogens is 2. The number of halogens is 2. The summed E-state index contributed by atoms with van der Waals surface area (Å²) in [6, 6.07) is 5.83. The van der Waals surface area contributed by atoms with Crippen LogP contribution in [0, 0.1) is 18.7 Å². The molecule has 1 aromatic carbocycles. The van der Waals surface area contributed by atoms with E-state index in [2.05, 4.69) is 22.2 Å². The molecule has 1 N–H and O–H groups in total. The van der Waals surface area contributed by atoms with Gasteiger partial charge in [0.05, 0.1) is 16.9 Å². The third-order valence-electron chi connectivity index (χ3n) is 5.12. The molecule has 0 aliphatic carbocycles. The molecule has 2 aromatic rings. The zero-order valence-corrected chi connectivity index (χ0v) is 16.6. The predicted octanol–water partition coefficient (Wildman–Crippen LogP) is 3.83. The van der Waals surface area contributed by atoms with E-state index >= 15 is 0 Å². The number of carbonyl (C=O) groups excluding carboxylic acids is 1. The largest absolute Gasteiger partial charge is 0.352 e. The molecule has 1 amide bonds. The lowest BCUT2D eigenvalue weighted by molar-refractivity contribution is 0.0950. The highest BCUT2D eigenvalue weighted by atomic mass is 35.5. The van der Waals surface area contributed by atoms with Gasteiger partial charge in [-0.15, -0.1) is 0 Å². The van der Waals surface area contributed by atoms with Gasteiger partial charge in [-0.25, -0.2) is 9.07 Å². The van der Waals surface area contributed by atoms with Gasteiger partial charge in [-0.1, -0.05) is 18.5 Å². The Hall–Kier alpha value is -1.92. The summed E-state index contributed by atoms with van der Waals surface area (Å²) in [7, 11) is 0. The molecule has 1 aromatic heterocycles. The van der Waals surface area contributed by atoms with Crippen LogP contribution in [-0.4, -0.2) is 46.8 Å². The van der Waals surface area contributed by atoms with Crippen LogP contribution in [0.3, 0.4) is 0 Å². The second-order valence-corrected chi connectivity index (χ2v) is 7.63. The van der Waals surface area contributed by atoms with E-state index in [1.807, 2.05) is 0 Å². The molecule has 27 heavy (non-hydrogen) atoms. The summed E-state index contributed by atoms with van der Waals surface area (Å²) in [5, 5.41) is 7.51. The zero-order chi connectivity index (χ0) is 19.4. The topological polar surface area (TPSA) is 50.2 Å². The molecule has 7 heteroatoms. The summed E-state index contributed by atoms with van der Waals surface area (Å²) in [5.74, 6) is 0.265. The van der Waals surface area contributed by atoms with E-state index in [4.69, 9.17) is 11.6 Å². The van der Waals surface area contributed by atoms with Crippen molar-refractivity contribution in [3.63, 3.8) is 0 Å². The van der Waals surface area contributed by atoms with Gasteiger partial charge in [-0.2, -0.15) is 5.10 Å². The van der Waals surface area contributed by atoms with Gasteiger partial charge in [0, 0.05) is 6.54 Å². The molecule has 0 atom stereocenters. The molecule has 1 aliphatic rings. The van der Waals surface area contributed by atoms with Gasteiger partial charge >= 0.3 is 0 Å². The fourth-order valence-electron chi connectivity index (χ4n) is 3.39. The average molecular weight is 393 g/mol. The van der Waals surface area contributed by atoms with Crippen molar-refractivity contribution in [2.75, 3.05) is 26.2 Å². The average Bonchev–Trinajstić information content (AvgIpc) is 2.95. The Kier molecular flexibility index (Phi) is 6.50. The molecule has 1 saturated heterocycles. The number of likely N-dealkylation sites (tertiary alicyclic amines) is 1. The van der Waals surface area contributed by atoms with Gasteiger partial charge in [0.2, 0.25) is 0 Å². The highest BCUT2D eigenvalue weighted by Gasteiger charge is 2.21. The molecule has 1 fully saturated rings. The molecule has 146 valence electrons. The summed E-state index contributed by atoms with van der Waals surface area (Å²) in [4.78, 5) is 15.0. The summed E-state index contributed by atoms with van der Waals surface area (Å²) in [6.07, 6.45) is 3.41. The molecule has 0 saturated carbocycles. The number of hydrogen-bond donors (Lipinski definition) is 1. The summed E-state index contributed by atoms with van der Waals surface area (Å²) >= 11 is 6.38. The molecular formula is C20H26ClFN4O. The first kappa shape index (κ1) is 19.8. The van der Waals surface area contributed by atoms with Crippen LogP contribution < -0.4 is 5.32 Å². The van der Waals surface area contributed by atoms with Crippen molar-refractivity contribution in [1.29, 1.82) is 0 Å². The van der Waals surface area contributed by atoms with Crippen molar-refractivity contribution in [1.82, 2.24) is 20.0 Å². The molecule has 0 radical (unpaired) electrons. The smallest absolute Gasteiger partial charge is 0.256 e. The van der Waals surface area contributed by atoms with E-state index in [9.17, 15) is 9.18 Å². The van der Waals surface area contributed by atoms with E-state index in [1.165, 1.54) is 29.7 Å². The van der Waals surface area contributed by atoms with Gasteiger partial charge in [-0.3, -0.25) is 4.79 Å². The summed E-state index contributed by atoms with van der Waals surface area (Å²) in [5.41, 5.74) is 1.53. The van der Waals surface area contributed by atoms with Crippen molar-refractivity contribution < 1.29 is 9.18 Å². The Balaban J connectivity index is 1.56. The molecule has 5 nitrogen and oxygen atoms in total. The first-order valence-electron chi connectivity index (χ1n) is 9.47. The minimum atomic E-state index is -0.333. The molecular weight excluding hydrogens is 367 g/mol. The number of nitrogens with zero attached hydrogens (tertiary/aromatic N) is 3. The van der Waals surface area contributed by atoms with Crippen LogP contribution in [-0.2, 0) is 0 Å². The van der Waals surface area contributed by atoms with Crippen molar-refractivity contribution >= 4 is 17.5 Å². The van der Waals surface area contributed by atoms with Crippen molar-refractivity contribution in [2.24, 2.45) is 5.92 Å². The normalized spacial score (nSPS) is 15.9. The SMILES string of the molecule is Cc1nn(-c2ccc(F)cc2)c(Cl)c1C(=O)NCCCN1CCC(C)CC1. The van der Waals surface area contributed by atoms with E-state index in [0.29, 0.717) is 23.5 Å². The number of piperidine rings is 1. The fourth-order valence-corrected chi connectivity index (χ4v) is 3.75. The Bertz CT molecular complexity index is 782. The van der Waals surface area contributed by atoms with Crippen LogP contribution in [0.4, 0.5) is 4.39 Å². The third kappa shape index (κ3) is 4.87. The number of carbonyl (C=O) groups is 1. The summed E-state index contributed by atoms with van der Waals surface area (Å²) in [6.45, 7) is 7.93. The molecule has 1 aliphatic heterocycles. The van der Waals surface area contributed by atoms with Crippen molar-refractivity contribution in [2.45, 2.75) is 33.1 Å². The Morgan fingerprint density at radius 2 is 1.96 bits per heavy atom. The zero-order valence-electron chi connectivity index (χ0n) is 15.8. The maximum Gasteiger partial charge on any atom is 0.256 e. The standard InChI is InChI=1S/C20H26ClFN4O/c1-14-8-12-25(13-9-14)11-3-10-23-20(27)18-15(2)24-26(19(18)21)17-6-4-16(22)5-7-17/h4-7,14H,3,8-13H2,1-2H3,(H,23,27). The van der Waals surface area contributed by atoms with Gasteiger partial charge in [0.1, 0.15) is 11.0 Å². The first-order valence-corrected chi connectivity index (χ1v) is 9.85. The minimum absolute atomic E-state index is 0.224. The number of aryl methyl sites for hydroxylation is 1. The Morgan fingerprint density at radius 3 is 2.63 bits per heavy atom. The highest BCUT2D eigenvalue weighted by molar-refractivity contribution is 6.33. The third-order valence-corrected chi connectivity index (χ3v) is 5.46. The van der Waals surface area contributed by atoms with Crippen molar-refractivity contribution in [3.8, 4) is 5.69 Å². The Labute approximate surface area is 164 Å². The van der Waals surface area contributed by atoms with Crippen molar-refractivity contribution in [3.05, 3.63) is 46.5 Å². The van der Waals surface area contributed by atoms with Crippen LogP contribution in [0.2, 0.25) is 5.15 Å². The highest BCUT2D eigenvalue weighted by Crippen LogP contribution is 2.23. The van der Waals surface area contributed by atoms with Gasteiger partial charge < -0.3 is 10.2 Å². The molecule has 3 rings (SSSR count). The van der Waals surface area contributed by atoms with Gasteiger partial charge in [0.15, 0.2) is 0 Å². The number of nitrogens with one attached hydrogen (secondary N) is 1. The lowest BCUT2D eigenvalue weighted by Crippen LogP contribution is -2.35. The summed E-state index contributed by atoms with van der Waals surface area (Å²) < 4.78 is 14.6. The fraction of sp³-hybridized carbons (Fsp3) is 0.500. The monoisotopic (exact) mass is 392 g/mol. The second-order valence-electron chi connectivity index (χ2n) is 7.27. The minimum Gasteiger partial charge on any atom is -0.352 e. The molecule has 2 heterocycles. The quantitative estimate of drug-likeness (QED) is 0.760.